The van der Waals surface area contributed by atoms with Crippen LogP contribution in [-0.2, 0) is 19.6 Å². The highest BCUT2D eigenvalue weighted by Crippen LogP contribution is 2.25. The molecule has 0 saturated heterocycles. The van der Waals surface area contributed by atoms with Crippen molar-refractivity contribution in [1.82, 2.24) is 14.2 Å². The number of aliphatic hydroxyl groups excluding tert-OH is 1. The Kier molecular flexibility index (Phi) is 4.56. The van der Waals surface area contributed by atoms with Gasteiger partial charge >= 0.3 is 0 Å². The molecule has 0 aliphatic rings. The number of fused-ring (bicyclic) bond motifs is 1. The third-order valence-electron chi connectivity index (χ3n) is 4.62. The van der Waals surface area contributed by atoms with Crippen molar-refractivity contribution in [2.75, 3.05) is 0 Å². The zero-order valence-corrected chi connectivity index (χ0v) is 14.5. The Morgan fingerprint density at radius 2 is 1.74 bits per heavy atom. The lowest BCUT2D eigenvalue weighted by atomic mass is 10.1. The standard InChI is InChI=1S/C21H18FN3O2/c22-17-8-6-16(7-9-17)19-18(14-26)20-21(27)24(12-13-25(20)23-19)11-10-15-4-2-1-3-5-15/h1-9,12-13,26H,10-11,14H2. The summed E-state index contributed by atoms with van der Waals surface area (Å²) in [6, 6.07) is 15.8. The van der Waals surface area contributed by atoms with E-state index in [2.05, 4.69) is 5.10 Å². The summed E-state index contributed by atoms with van der Waals surface area (Å²) in [6.45, 7) is 0.204. The highest BCUT2D eigenvalue weighted by atomic mass is 19.1. The van der Waals surface area contributed by atoms with Gasteiger partial charge in [0.2, 0.25) is 0 Å². The summed E-state index contributed by atoms with van der Waals surface area (Å²) in [5.74, 6) is -0.351. The van der Waals surface area contributed by atoms with Crippen LogP contribution in [0.4, 0.5) is 4.39 Å². The lowest BCUT2D eigenvalue weighted by molar-refractivity contribution is 0.283. The lowest BCUT2D eigenvalue weighted by Gasteiger charge is -2.06. The quantitative estimate of drug-likeness (QED) is 0.593. The summed E-state index contributed by atoms with van der Waals surface area (Å²) in [5.41, 5.74) is 2.85. The van der Waals surface area contributed by atoms with E-state index in [1.807, 2.05) is 30.3 Å². The van der Waals surface area contributed by atoms with Crippen LogP contribution in [0.25, 0.3) is 16.8 Å². The summed E-state index contributed by atoms with van der Waals surface area (Å²) < 4.78 is 16.3. The van der Waals surface area contributed by atoms with Gasteiger partial charge in [0.05, 0.1) is 12.3 Å². The van der Waals surface area contributed by atoms with Crippen molar-refractivity contribution < 1.29 is 9.50 Å². The second kappa shape index (κ2) is 7.17. The molecule has 4 aromatic rings. The number of aryl methyl sites for hydroxylation is 2. The smallest absolute Gasteiger partial charge is 0.276 e. The molecule has 0 amide bonds. The van der Waals surface area contributed by atoms with E-state index in [0.29, 0.717) is 28.9 Å². The number of halogens is 1. The largest absolute Gasteiger partial charge is 0.392 e. The van der Waals surface area contributed by atoms with Crippen molar-refractivity contribution in [1.29, 1.82) is 0 Å². The molecule has 0 fully saturated rings. The Morgan fingerprint density at radius 1 is 1.00 bits per heavy atom. The van der Waals surface area contributed by atoms with Gasteiger partial charge in [-0.05, 0) is 36.2 Å². The second-order valence-corrected chi connectivity index (χ2v) is 6.32. The van der Waals surface area contributed by atoms with Crippen LogP contribution >= 0.6 is 0 Å². The summed E-state index contributed by atoms with van der Waals surface area (Å²) in [4.78, 5) is 13.0. The maximum absolute atomic E-state index is 13.2. The highest BCUT2D eigenvalue weighted by molar-refractivity contribution is 5.72. The number of aromatic nitrogens is 3. The van der Waals surface area contributed by atoms with Gasteiger partial charge < -0.3 is 9.67 Å². The van der Waals surface area contributed by atoms with Gasteiger partial charge in [0.1, 0.15) is 11.3 Å². The van der Waals surface area contributed by atoms with E-state index in [-0.39, 0.29) is 18.0 Å². The summed E-state index contributed by atoms with van der Waals surface area (Å²) in [5, 5.41) is 14.3. The van der Waals surface area contributed by atoms with E-state index in [0.717, 1.165) is 12.0 Å². The summed E-state index contributed by atoms with van der Waals surface area (Å²) in [6.07, 6.45) is 4.12. The minimum atomic E-state index is -0.351. The molecule has 0 aliphatic heterocycles. The van der Waals surface area contributed by atoms with Gasteiger partial charge in [0, 0.05) is 30.1 Å². The molecule has 0 saturated carbocycles. The summed E-state index contributed by atoms with van der Waals surface area (Å²) in [7, 11) is 0. The first-order chi connectivity index (χ1) is 13.2. The lowest BCUT2D eigenvalue weighted by Crippen LogP contribution is -2.23. The molecule has 0 spiro atoms. The molecule has 6 heteroatoms. The molecular weight excluding hydrogens is 345 g/mol. The topological polar surface area (TPSA) is 59.5 Å². The van der Waals surface area contributed by atoms with E-state index in [4.69, 9.17) is 0 Å². The molecule has 27 heavy (non-hydrogen) atoms. The van der Waals surface area contributed by atoms with E-state index in [1.165, 1.54) is 16.6 Å². The van der Waals surface area contributed by atoms with Crippen molar-refractivity contribution in [2.24, 2.45) is 0 Å². The zero-order valence-electron chi connectivity index (χ0n) is 14.5. The maximum atomic E-state index is 13.2. The molecule has 0 atom stereocenters. The molecule has 0 radical (unpaired) electrons. The first-order valence-corrected chi connectivity index (χ1v) is 8.69. The molecule has 136 valence electrons. The zero-order chi connectivity index (χ0) is 18.8. The van der Waals surface area contributed by atoms with Crippen molar-refractivity contribution in [3.05, 3.63) is 94.3 Å². The molecule has 1 N–H and O–H groups in total. The normalized spacial score (nSPS) is 11.2. The van der Waals surface area contributed by atoms with Gasteiger partial charge in [-0.1, -0.05) is 30.3 Å². The Morgan fingerprint density at radius 3 is 2.44 bits per heavy atom. The second-order valence-electron chi connectivity index (χ2n) is 6.32. The first kappa shape index (κ1) is 17.2. The van der Waals surface area contributed by atoms with Gasteiger partial charge in [-0.25, -0.2) is 8.91 Å². The van der Waals surface area contributed by atoms with E-state index in [1.54, 1.807) is 29.1 Å². The van der Waals surface area contributed by atoms with E-state index >= 15 is 0 Å². The molecule has 0 unspecified atom stereocenters. The Hall–Kier alpha value is -3.25. The fourth-order valence-electron chi connectivity index (χ4n) is 3.21. The average Bonchev–Trinajstić information content (AvgIpc) is 3.08. The van der Waals surface area contributed by atoms with Crippen LogP contribution < -0.4 is 5.56 Å². The SMILES string of the molecule is O=c1c2c(CO)c(-c3ccc(F)cc3)nn2ccn1CCc1ccccc1. The fraction of sp³-hybridized carbons (Fsp3) is 0.143. The minimum absolute atomic E-state index is 0.210. The number of rotatable bonds is 5. The number of hydrogen-bond acceptors (Lipinski definition) is 3. The van der Waals surface area contributed by atoms with E-state index in [9.17, 15) is 14.3 Å². The van der Waals surface area contributed by atoms with Crippen LogP contribution in [0.15, 0.2) is 71.8 Å². The highest BCUT2D eigenvalue weighted by Gasteiger charge is 2.17. The van der Waals surface area contributed by atoms with Crippen LogP contribution in [-0.4, -0.2) is 19.3 Å². The molecule has 0 bridgehead atoms. The minimum Gasteiger partial charge on any atom is -0.392 e. The fourth-order valence-corrected chi connectivity index (χ4v) is 3.21. The van der Waals surface area contributed by atoms with E-state index < -0.39 is 0 Å². The van der Waals surface area contributed by atoms with Crippen molar-refractivity contribution in [3.8, 4) is 11.3 Å². The number of hydrogen-bond donors (Lipinski definition) is 1. The van der Waals surface area contributed by atoms with Crippen LogP contribution in [0.3, 0.4) is 0 Å². The molecule has 5 nitrogen and oxygen atoms in total. The van der Waals surface area contributed by atoms with Crippen molar-refractivity contribution in [3.63, 3.8) is 0 Å². The average molecular weight is 363 g/mol. The molecule has 0 aliphatic carbocycles. The van der Waals surface area contributed by atoms with Gasteiger partial charge in [0.25, 0.3) is 5.56 Å². The van der Waals surface area contributed by atoms with Gasteiger partial charge in [-0.15, -0.1) is 0 Å². The molecule has 2 aromatic heterocycles. The van der Waals surface area contributed by atoms with Gasteiger partial charge in [-0.2, -0.15) is 5.10 Å². The Bertz CT molecular complexity index is 1130. The predicted octanol–water partition coefficient (Wildman–Crippen LogP) is 3.04. The molecule has 2 aromatic carbocycles. The Balaban J connectivity index is 1.76. The number of aliphatic hydroxyl groups is 1. The monoisotopic (exact) mass is 363 g/mol. The molecule has 2 heterocycles. The van der Waals surface area contributed by atoms with Crippen molar-refractivity contribution in [2.45, 2.75) is 19.6 Å². The maximum Gasteiger partial charge on any atom is 0.276 e. The summed E-state index contributed by atoms with van der Waals surface area (Å²) >= 11 is 0. The van der Waals surface area contributed by atoms with Crippen molar-refractivity contribution >= 4 is 5.52 Å². The Labute approximate surface area is 154 Å². The third-order valence-corrected chi connectivity index (χ3v) is 4.62. The van der Waals surface area contributed by atoms with Crippen LogP contribution in [0, 0.1) is 5.82 Å². The predicted molar refractivity (Wildman–Crippen MR) is 101 cm³/mol. The number of benzene rings is 2. The van der Waals surface area contributed by atoms with Gasteiger partial charge in [-0.3, -0.25) is 4.79 Å². The molecular formula is C21H18FN3O2. The molecule has 4 rings (SSSR count). The van der Waals surface area contributed by atoms with Crippen LogP contribution in [0.1, 0.15) is 11.1 Å². The van der Waals surface area contributed by atoms with Gasteiger partial charge in [0.15, 0.2) is 0 Å². The van der Waals surface area contributed by atoms with Crippen LogP contribution in [0.2, 0.25) is 0 Å². The first-order valence-electron chi connectivity index (χ1n) is 8.69. The third kappa shape index (κ3) is 3.27. The number of nitrogens with zero attached hydrogens (tertiary/aromatic N) is 3. The van der Waals surface area contributed by atoms with Crippen LogP contribution in [0.5, 0.6) is 0 Å².